The van der Waals surface area contributed by atoms with E-state index in [1.807, 2.05) is 26.0 Å². The molecule has 10 heteroatoms. The van der Waals surface area contributed by atoms with E-state index in [2.05, 4.69) is 21.9 Å². The molecule has 0 N–H and O–H groups in total. The van der Waals surface area contributed by atoms with Crippen molar-refractivity contribution in [3.63, 3.8) is 0 Å². The van der Waals surface area contributed by atoms with Crippen LogP contribution in [0.5, 0.6) is 0 Å². The molecule has 0 spiro atoms. The summed E-state index contributed by atoms with van der Waals surface area (Å²) in [6.45, 7) is 6.38. The average molecular weight is 443 g/mol. The van der Waals surface area contributed by atoms with Crippen LogP contribution in [0.15, 0.2) is 46.7 Å². The maximum Gasteiger partial charge on any atom is 0.272 e. The molecule has 2 rings (SSSR count). The van der Waals surface area contributed by atoms with E-state index in [1.54, 1.807) is 22.5 Å². The summed E-state index contributed by atoms with van der Waals surface area (Å²) in [4.78, 5) is 4.31. The molecule has 1 unspecified atom stereocenters. The van der Waals surface area contributed by atoms with E-state index in [1.165, 1.54) is 6.20 Å². The molecule has 6 nitrogen and oxygen atoms in total. The topological polar surface area (TPSA) is 67.2 Å². The van der Waals surface area contributed by atoms with Crippen molar-refractivity contribution in [2.24, 2.45) is 10.2 Å². The molecule has 0 fully saturated rings. The maximum absolute atomic E-state index is 12.6. The molecule has 0 amide bonds. The first-order valence-corrected chi connectivity index (χ1v) is 10.3. The van der Waals surface area contributed by atoms with Gasteiger partial charge < -0.3 is 4.74 Å². The molecule has 156 valence electrons. The lowest BCUT2D eigenvalue weighted by molar-refractivity contribution is 0.0765. The van der Waals surface area contributed by atoms with Crippen molar-refractivity contribution in [3.8, 4) is 0 Å². The number of ether oxygens (including phenoxy) is 1. The number of benzene rings is 1. The first kappa shape index (κ1) is 22.9. The second-order valence-electron chi connectivity index (χ2n) is 5.87. The van der Waals surface area contributed by atoms with Crippen LogP contribution in [0.4, 0.5) is 14.5 Å². The highest BCUT2D eigenvalue weighted by Gasteiger charge is 2.16. The number of hydrogen-bond acceptors (Lipinski definition) is 5. The largest absolute Gasteiger partial charge is 0.470 e. The van der Waals surface area contributed by atoms with Crippen LogP contribution in [0.3, 0.4) is 0 Å². The Labute approximate surface area is 175 Å². The first-order valence-electron chi connectivity index (χ1n) is 8.67. The van der Waals surface area contributed by atoms with Gasteiger partial charge in [0.25, 0.3) is 6.43 Å². The monoisotopic (exact) mass is 442 g/mol. The molecule has 0 bridgehead atoms. The molecule has 0 aliphatic heterocycles. The summed E-state index contributed by atoms with van der Waals surface area (Å²) in [6, 6.07) is 8.76. The predicted octanol–water partition coefficient (Wildman–Crippen LogP) is 4.38. The second-order valence-corrected chi connectivity index (χ2v) is 7.94. The zero-order valence-electron chi connectivity index (χ0n) is 16.0. The number of halogens is 3. The summed E-state index contributed by atoms with van der Waals surface area (Å²) in [7, 11) is -1.28. The third kappa shape index (κ3) is 6.57. The number of alkyl halides is 2. The van der Waals surface area contributed by atoms with Crippen LogP contribution in [-0.4, -0.2) is 40.6 Å². The lowest BCUT2D eigenvalue weighted by Gasteiger charge is -2.23. The number of pyridine rings is 1. The number of nitrogens with zero attached hydrogens (tertiary/aromatic N) is 4. The summed E-state index contributed by atoms with van der Waals surface area (Å²) < 4.78 is 44.0. The van der Waals surface area contributed by atoms with Crippen LogP contribution in [0.2, 0.25) is 5.02 Å². The van der Waals surface area contributed by atoms with Crippen LogP contribution >= 0.6 is 11.6 Å². The van der Waals surface area contributed by atoms with Crippen LogP contribution in [0, 0.1) is 6.92 Å². The highest BCUT2D eigenvalue weighted by Crippen LogP contribution is 2.25. The minimum atomic E-state index is -2.64. The van der Waals surface area contributed by atoms with Crippen LogP contribution in [-0.2, 0) is 22.3 Å². The van der Waals surface area contributed by atoms with Crippen molar-refractivity contribution in [2.45, 2.75) is 26.8 Å². The molecule has 1 aromatic heterocycles. The van der Waals surface area contributed by atoms with E-state index >= 15 is 0 Å². The lowest BCUT2D eigenvalue weighted by atomic mass is 10.2. The van der Waals surface area contributed by atoms with E-state index in [-0.39, 0.29) is 12.4 Å². The number of aryl methyl sites for hydroxylation is 1. The van der Waals surface area contributed by atoms with Crippen molar-refractivity contribution < 1.29 is 17.7 Å². The highest BCUT2D eigenvalue weighted by atomic mass is 35.5. The van der Waals surface area contributed by atoms with Gasteiger partial charge in [-0.2, -0.15) is 5.10 Å². The first-order chi connectivity index (χ1) is 13.8. The number of hydrogen-bond donors (Lipinski definition) is 0. The smallest absolute Gasteiger partial charge is 0.272 e. The Morgan fingerprint density at radius 1 is 1.38 bits per heavy atom. The minimum Gasteiger partial charge on any atom is -0.470 e. The summed E-state index contributed by atoms with van der Waals surface area (Å²) in [5.74, 6) is 0.325. The molecule has 0 aliphatic carbocycles. The van der Waals surface area contributed by atoms with E-state index in [0.717, 1.165) is 5.56 Å². The Balaban J connectivity index is 2.24. The van der Waals surface area contributed by atoms with Crippen molar-refractivity contribution in [3.05, 3.63) is 58.4 Å². The van der Waals surface area contributed by atoms with Crippen LogP contribution in [0.25, 0.3) is 0 Å². The number of aromatic nitrogens is 1. The lowest BCUT2D eigenvalue weighted by Crippen LogP contribution is -2.27. The van der Waals surface area contributed by atoms with Crippen LogP contribution in [0.1, 0.15) is 23.7 Å². The molecule has 0 radical (unpaired) electrons. The molecule has 29 heavy (non-hydrogen) atoms. The Morgan fingerprint density at radius 3 is 2.69 bits per heavy atom. The Bertz CT molecular complexity index is 894. The van der Waals surface area contributed by atoms with Gasteiger partial charge in [-0.3, -0.25) is 9.29 Å². The fourth-order valence-electron chi connectivity index (χ4n) is 2.34. The maximum atomic E-state index is 12.6. The Kier molecular flexibility index (Phi) is 8.66. The Morgan fingerprint density at radius 2 is 2.14 bits per heavy atom. The van der Waals surface area contributed by atoms with Gasteiger partial charge in [0.1, 0.15) is 11.0 Å². The molecule has 0 saturated heterocycles. The summed E-state index contributed by atoms with van der Waals surface area (Å²) in [6.07, 6.45) is -1.21. The van der Waals surface area contributed by atoms with Gasteiger partial charge in [-0.05, 0) is 36.8 Å². The standard InChI is InChI=1S/C19H21ClF2N4O2S/c1-4-29(27)26(16-8-5-13(2)17(20)9-16)11-15-7-6-14(10-24-15)19(25-23-3)28-12-18(21)22/h5-10,18H,3-4,11-12H2,1-2H3/b25-19-. The quantitative estimate of drug-likeness (QED) is 0.329. The minimum absolute atomic E-state index is 0.0985. The summed E-state index contributed by atoms with van der Waals surface area (Å²) in [5, 5.41) is 7.54. The van der Waals surface area contributed by atoms with Crippen molar-refractivity contribution >= 4 is 40.9 Å². The van der Waals surface area contributed by atoms with Gasteiger partial charge in [0.05, 0.1) is 23.5 Å². The predicted molar refractivity (Wildman–Crippen MR) is 113 cm³/mol. The molecule has 1 heterocycles. The van der Waals surface area contributed by atoms with Crippen molar-refractivity contribution in [1.82, 2.24) is 4.98 Å². The fraction of sp³-hybridized carbons (Fsp3) is 0.316. The van der Waals surface area contributed by atoms with Gasteiger partial charge >= 0.3 is 0 Å². The molecule has 0 saturated carbocycles. The van der Waals surface area contributed by atoms with Gasteiger partial charge in [0, 0.05) is 23.7 Å². The highest BCUT2D eigenvalue weighted by molar-refractivity contribution is 7.86. The van der Waals surface area contributed by atoms with E-state index < -0.39 is 24.0 Å². The van der Waals surface area contributed by atoms with E-state index in [4.69, 9.17) is 16.3 Å². The molecular weight excluding hydrogens is 422 g/mol. The van der Waals surface area contributed by atoms with Crippen molar-refractivity contribution in [2.75, 3.05) is 16.7 Å². The normalized spacial score (nSPS) is 12.7. The molecular formula is C19H21ClF2N4O2S. The third-order valence-electron chi connectivity index (χ3n) is 3.82. The Hall–Kier alpha value is -2.39. The fourth-order valence-corrected chi connectivity index (χ4v) is 3.45. The SMILES string of the molecule is C=N/N=C(\OCC(F)F)c1ccc(CN(c2ccc(C)c(Cl)c2)S(=O)CC)nc1. The van der Waals surface area contributed by atoms with E-state index in [0.29, 0.717) is 27.7 Å². The third-order valence-corrected chi connectivity index (χ3v) is 5.55. The van der Waals surface area contributed by atoms with Crippen molar-refractivity contribution in [1.29, 1.82) is 0 Å². The summed E-state index contributed by atoms with van der Waals surface area (Å²) in [5.41, 5.74) is 2.63. The van der Waals surface area contributed by atoms with Gasteiger partial charge in [-0.15, -0.1) is 5.10 Å². The average Bonchev–Trinajstić information content (AvgIpc) is 2.71. The molecule has 1 aromatic carbocycles. The van der Waals surface area contributed by atoms with Gasteiger partial charge in [-0.25, -0.2) is 13.0 Å². The molecule has 0 aliphatic rings. The summed E-state index contributed by atoms with van der Waals surface area (Å²) >= 11 is 6.21. The van der Waals surface area contributed by atoms with Gasteiger partial charge in [0.15, 0.2) is 6.61 Å². The van der Waals surface area contributed by atoms with Crippen LogP contribution < -0.4 is 4.31 Å². The molecule has 1 atom stereocenters. The number of anilines is 1. The zero-order chi connectivity index (χ0) is 21.4. The number of rotatable bonds is 9. The van der Waals surface area contributed by atoms with Gasteiger partial charge in [0.2, 0.25) is 5.90 Å². The van der Waals surface area contributed by atoms with E-state index in [9.17, 15) is 13.0 Å². The zero-order valence-corrected chi connectivity index (χ0v) is 17.6. The molecule has 2 aromatic rings. The second kappa shape index (κ2) is 11.0. The van der Waals surface area contributed by atoms with Gasteiger partial charge in [-0.1, -0.05) is 24.6 Å².